The van der Waals surface area contributed by atoms with Crippen molar-refractivity contribution in [3.05, 3.63) is 59.2 Å². The summed E-state index contributed by atoms with van der Waals surface area (Å²) < 4.78 is 0. The Labute approximate surface area is 168 Å². The van der Waals surface area contributed by atoms with Crippen LogP contribution in [0.4, 0.5) is 11.4 Å². The Bertz CT molecular complexity index is 1020. The molecule has 28 heavy (non-hydrogen) atoms. The Kier molecular flexibility index (Phi) is 4.96. The number of benzene rings is 2. The van der Waals surface area contributed by atoms with Gasteiger partial charge in [-0.25, -0.2) is 0 Å². The molecule has 1 aliphatic rings. The first-order valence-electron chi connectivity index (χ1n) is 9.20. The van der Waals surface area contributed by atoms with E-state index in [-0.39, 0.29) is 11.8 Å². The van der Waals surface area contributed by atoms with Crippen LogP contribution in [0.5, 0.6) is 0 Å². The Hall–Kier alpha value is -2.99. The zero-order valence-electron chi connectivity index (χ0n) is 15.5. The number of hydrogen-bond acceptors (Lipinski definition) is 3. The number of rotatable bonds is 3. The number of piperazine rings is 1. The molecule has 7 heteroatoms. The van der Waals surface area contributed by atoms with Gasteiger partial charge >= 0.3 is 0 Å². The maximum Gasteiger partial charge on any atom is 0.272 e. The Balaban J connectivity index is 1.41. The third-order valence-corrected chi connectivity index (χ3v) is 5.28. The predicted molar refractivity (Wildman–Crippen MR) is 112 cm³/mol. The van der Waals surface area contributed by atoms with Crippen LogP contribution < -0.4 is 10.2 Å². The summed E-state index contributed by atoms with van der Waals surface area (Å²) in [6.07, 6.45) is 0. The van der Waals surface area contributed by atoms with Gasteiger partial charge in [-0.15, -0.1) is 0 Å². The van der Waals surface area contributed by atoms with E-state index in [2.05, 4.69) is 15.2 Å². The summed E-state index contributed by atoms with van der Waals surface area (Å²) in [5, 5.41) is 4.45. The van der Waals surface area contributed by atoms with Crippen molar-refractivity contribution in [3.63, 3.8) is 0 Å². The van der Waals surface area contributed by atoms with Gasteiger partial charge in [0.15, 0.2) is 0 Å². The SMILES string of the molecule is CC(=O)N1CCN(c2ccc(NC(=O)c3cc4cc(Cl)ccc4[nH]3)cc2)CC1. The van der Waals surface area contributed by atoms with Gasteiger partial charge in [-0.2, -0.15) is 0 Å². The molecule has 144 valence electrons. The first-order valence-corrected chi connectivity index (χ1v) is 9.57. The first kappa shape index (κ1) is 18.4. The Morgan fingerprint density at radius 3 is 2.39 bits per heavy atom. The van der Waals surface area contributed by atoms with E-state index in [0.29, 0.717) is 10.7 Å². The van der Waals surface area contributed by atoms with Gasteiger partial charge in [0, 0.05) is 60.4 Å². The minimum Gasteiger partial charge on any atom is -0.368 e. The smallest absolute Gasteiger partial charge is 0.272 e. The normalized spacial score (nSPS) is 14.4. The summed E-state index contributed by atoms with van der Waals surface area (Å²) >= 11 is 6.00. The fourth-order valence-electron chi connectivity index (χ4n) is 3.46. The standard InChI is InChI=1S/C21H21ClN4O2/c1-14(27)25-8-10-26(11-9-25)18-5-3-17(4-6-18)23-21(28)20-13-15-12-16(22)2-7-19(15)24-20/h2-7,12-13,24H,8-11H2,1H3,(H,23,28). The lowest BCUT2D eigenvalue weighted by Gasteiger charge is -2.35. The molecule has 4 rings (SSSR count). The van der Waals surface area contributed by atoms with Crippen molar-refractivity contribution in [1.82, 2.24) is 9.88 Å². The Morgan fingerprint density at radius 1 is 1.00 bits per heavy atom. The number of fused-ring (bicyclic) bond motifs is 1. The summed E-state index contributed by atoms with van der Waals surface area (Å²) in [5.74, 6) is -0.0768. The van der Waals surface area contributed by atoms with Crippen LogP contribution in [0.25, 0.3) is 10.9 Å². The monoisotopic (exact) mass is 396 g/mol. The van der Waals surface area contributed by atoms with Crippen molar-refractivity contribution in [2.45, 2.75) is 6.92 Å². The van der Waals surface area contributed by atoms with Gasteiger partial charge in [-0.3, -0.25) is 9.59 Å². The maximum absolute atomic E-state index is 12.5. The molecule has 0 radical (unpaired) electrons. The molecule has 0 spiro atoms. The molecule has 1 saturated heterocycles. The molecule has 1 aromatic heterocycles. The van der Waals surface area contributed by atoms with Gasteiger partial charge < -0.3 is 20.1 Å². The van der Waals surface area contributed by atoms with Gasteiger partial charge in [-0.05, 0) is 48.5 Å². The number of amides is 2. The highest BCUT2D eigenvalue weighted by Gasteiger charge is 2.18. The molecule has 0 aliphatic carbocycles. The number of hydrogen-bond donors (Lipinski definition) is 2. The van der Waals surface area contributed by atoms with Crippen LogP contribution in [0.15, 0.2) is 48.5 Å². The number of carbonyl (C=O) groups excluding carboxylic acids is 2. The van der Waals surface area contributed by atoms with E-state index in [0.717, 1.165) is 48.5 Å². The lowest BCUT2D eigenvalue weighted by Crippen LogP contribution is -2.48. The second-order valence-electron chi connectivity index (χ2n) is 6.91. The van der Waals surface area contributed by atoms with Gasteiger partial charge in [-0.1, -0.05) is 11.6 Å². The highest BCUT2D eigenvalue weighted by Crippen LogP contribution is 2.22. The van der Waals surface area contributed by atoms with E-state index < -0.39 is 0 Å². The van der Waals surface area contributed by atoms with Gasteiger partial charge in [0.2, 0.25) is 5.91 Å². The van der Waals surface area contributed by atoms with E-state index >= 15 is 0 Å². The first-order chi connectivity index (χ1) is 13.5. The van der Waals surface area contributed by atoms with Gasteiger partial charge in [0.1, 0.15) is 5.69 Å². The van der Waals surface area contributed by atoms with Gasteiger partial charge in [0.05, 0.1) is 0 Å². The maximum atomic E-state index is 12.5. The van der Waals surface area contributed by atoms with Crippen LogP contribution in [0.3, 0.4) is 0 Å². The van der Waals surface area contributed by atoms with Crippen LogP contribution >= 0.6 is 11.6 Å². The van der Waals surface area contributed by atoms with Crippen molar-refractivity contribution in [3.8, 4) is 0 Å². The molecular formula is C21H21ClN4O2. The number of halogens is 1. The largest absolute Gasteiger partial charge is 0.368 e. The third-order valence-electron chi connectivity index (χ3n) is 5.04. The van der Waals surface area contributed by atoms with Crippen LogP contribution in [0, 0.1) is 0 Å². The number of aromatic nitrogens is 1. The number of aromatic amines is 1. The molecule has 0 atom stereocenters. The van der Waals surface area contributed by atoms with Crippen molar-refractivity contribution in [2.24, 2.45) is 0 Å². The van der Waals surface area contributed by atoms with E-state index in [9.17, 15) is 9.59 Å². The minimum absolute atomic E-state index is 0.122. The highest BCUT2D eigenvalue weighted by molar-refractivity contribution is 6.31. The highest BCUT2D eigenvalue weighted by atomic mass is 35.5. The zero-order valence-corrected chi connectivity index (χ0v) is 16.3. The van der Waals surface area contributed by atoms with E-state index in [4.69, 9.17) is 11.6 Å². The summed E-state index contributed by atoms with van der Waals surface area (Å²) in [7, 11) is 0. The molecule has 1 aliphatic heterocycles. The van der Waals surface area contributed by atoms with Crippen molar-refractivity contribution in [2.75, 3.05) is 36.4 Å². The zero-order chi connectivity index (χ0) is 19.7. The number of H-pyrrole nitrogens is 1. The molecule has 0 bridgehead atoms. The fraction of sp³-hybridized carbons (Fsp3) is 0.238. The third kappa shape index (κ3) is 3.82. The molecule has 0 unspecified atom stereocenters. The molecular weight excluding hydrogens is 376 g/mol. The number of nitrogens with one attached hydrogen (secondary N) is 2. The van der Waals surface area contributed by atoms with Crippen molar-refractivity contribution < 1.29 is 9.59 Å². The molecule has 2 amide bonds. The van der Waals surface area contributed by atoms with Crippen molar-refractivity contribution in [1.29, 1.82) is 0 Å². The van der Waals surface area contributed by atoms with E-state index in [1.807, 2.05) is 41.3 Å². The number of anilines is 2. The van der Waals surface area contributed by atoms with Crippen molar-refractivity contribution >= 4 is 45.7 Å². The topological polar surface area (TPSA) is 68.4 Å². The predicted octanol–water partition coefficient (Wildman–Crippen LogP) is 3.74. The van der Waals surface area contributed by atoms with Gasteiger partial charge in [0.25, 0.3) is 5.91 Å². The molecule has 0 saturated carbocycles. The molecule has 2 aromatic carbocycles. The lowest BCUT2D eigenvalue weighted by molar-refractivity contribution is -0.129. The summed E-state index contributed by atoms with van der Waals surface area (Å²) in [6, 6.07) is 15.0. The number of carbonyl (C=O) groups is 2. The minimum atomic E-state index is -0.199. The quantitative estimate of drug-likeness (QED) is 0.708. The summed E-state index contributed by atoms with van der Waals surface area (Å²) in [5.41, 5.74) is 3.17. The second kappa shape index (κ2) is 7.56. The van der Waals surface area contributed by atoms with Crippen LogP contribution in [0.2, 0.25) is 5.02 Å². The fourth-order valence-corrected chi connectivity index (χ4v) is 3.64. The summed E-state index contributed by atoms with van der Waals surface area (Å²) in [4.78, 5) is 31.2. The van der Waals surface area contributed by atoms with Crippen LogP contribution in [0.1, 0.15) is 17.4 Å². The average Bonchev–Trinajstić information content (AvgIpc) is 3.12. The molecule has 1 fully saturated rings. The lowest BCUT2D eigenvalue weighted by atomic mass is 10.2. The molecule has 6 nitrogen and oxygen atoms in total. The van der Waals surface area contributed by atoms with Crippen LogP contribution in [-0.4, -0.2) is 47.9 Å². The van der Waals surface area contributed by atoms with E-state index in [1.165, 1.54) is 0 Å². The molecule has 3 aromatic rings. The molecule has 2 N–H and O–H groups in total. The average molecular weight is 397 g/mol. The van der Waals surface area contributed by atoms with Crippen LogP contribution in [-0.2, 0) is 4.79 Å². The van der Waals surface area contributed by atoms with E-state index in [1.54, 1.807) is 19.1 Å². The second-order valence-corrected chi connectivity index (χ2v) is 7.35. The summed E-state index contributed by atoms with van der Waals surface area (Å²) in [6.45, 7) is 4.69. The molecule has 2 heterocycles. The Morgan fingerprint density at radius 2 is 1.71 bits per heavy atom. The number of nitrogens with zero attached hydrogens (tertiary/aromatic N) is 2.